The Morgan fingerprint density at radius 3 is 2.50 bits per heavy atom. The molecule has 20 heavy (non-hydrogen) atoms. The van der Waals surface area contributed by atoms with Crippen LogP contribution in [-0.2, 0) is 6.54 Å². The minimum Gasteiger partial charge on any atom is -0.310 e. The Kier molecular flexibility index (Phi) is 5.21. The normalized spacial score (nSPS) is 12.7. The summed E-state index contributed by atoms with van der Waals surface area (Å²) in [6, 6.07) is 8.98. The number of hydrogen-bond donors (Lipinski definition) is 1. The fraction of sp³-hybridized carbons (Fsp3) is 0.438. The molecule has 3 nitrogen and oxygen atoms in total. The molecule has 2 rings (SSSR count). The first kappa shape index (κ1) is 15.5. The topological polar surface area (TPSA) is 29.9 Å². The third-order valence-corrected chi connectivity index (χ3v) is 4.35. The molecular formula is C16H22IN3. The van der Waals surface area contributed by atoms with Gasteiger partial charge in [-0.05, 0) is 67.6 Å². The van der Waals surface area contributed by atoms with E-state index in [1.165, 1.54) is 20.4 Å². The molecule has 0 amide bonds. The van der Waals surface area contributed by atoms with Crippen LogP contribution in [-0.4, -0.2) is 16.3 Å². The number of halogens is 1. The Labute approximate surface area is 134 Å². The molecule has 0 spiro atoms. The molecule has 0 aliphatic carbocycles. The van der Waals surface area contributed by atoms with Gasteiger partial charge < -0.3 is 5.32 Å². The lowest BCUT2D eigenvalue weighted by molar-refractivity contribution is 0.589. The SMILES string of the molecule is CCNC(C)c1c(C)nn(Cc2ccc(I)cc2)c1C. The van der Waals surface area contributed by atoms with E-state index < -0.39 is 0 Å². The van der Waals surface area contributed by atoms with E-state index in [1.807, 2.05) is 0 Å². The summed E-state index contributed by atoms with van der Waals surface area (Å²) in [5.41, 5.74) is 5.01. The van der Waals surface area contributed by atoms with E-state index in [1.54, 1.807) is 0 Å². The van der Waals surface area contributed by atoms with Gasteiger partial charge in [0, 0.05) is 20.9 Å². The Bertz CT molecular complexity index is 572. The second-order valence-corrected chi connectivity index (χ2v) is 6.39. The van der Waals surface area contributed by atoms with Crippen LogP contribution >= 0.6 is 22.6 Å². The van der Waals surface area contributed by atoms with E-state index in [-0.39, 0.29) is 0 Å². The van der Waals surface area contributed by atoms with Gasteiger partial charge in [-0.1, -0.05) is 19.1 Å². The maximum Gasteiger partial charge on any atom is 0.0662 e. The van der Waals surface area contributed by atoms with Crippen LogP contribution in [0.3, 0.4) is 0 Å². The second kappa shape index (κ2) is 6.72. The van der Waals surface area contributed by atoms with Gasteiger partial charge in [0.15, 0.2) is 0 Å². The van der Waals surface area contributed by atoms with Crippen LogP contribution in [0.15, 0.2) is 24.3 Å². The first-order valence-electron chi connectivity index (χ1n) is 7.04. The molecule has 0 bridgehead atoms. The molecule has 1 aromatic carbocycles. The highest BCUT2D eigenvalue weighted by Gasteiger charge is 2.16. The molecule has 2 aromatic rings. The van der Waals surface area contributed by atoms with Gasteiger partial charge in [0.2, 0.25) is 0 Å². The van der Waals surface area contributed by atoms with Crippen LogP contribution in [0.2, 0.25) is 0 Å². The van der Waals surface area contributed by atoms with Gasteiger partial charge in [-0.15, -0.1) is 0 Å². The number of nitrogens with zero attached hydrogens (tertiary/aromatic N) is 2. The van der Waals surface area contributed by atoms with Crippen molar-refractivity contribution >= 4 is 22.6 Å². The molecule has 1 unspecified atom stereocenters. The van der Waals surface area contributed by atoms with Gasteiger partial charge in [0.25, 0.3) is 0 Å². The van der Waals surface area contributed by atoms with Gasteiger partial charge in [-0.25, -0.2) is 0 Å². The number of hydrogen-bond acceptors (Lipinski definition) is 2. The Balaban J connectivity index is 2.25. The molecular weight excluding hydrogens is 361 g/mol. The molecule has 1 heterocycles. The number of aromatic nitrogens is 2. The van der Waals surface area contributed by atoms with E-state index in [0.717, 1.165) is 18.8 Å². The third kappa shape index (κ3) is 3.41. The molecule has 4 heteroatoms. The molecule has 1 atom stereocenters. The van der Waals surface area contributed by atoms with E-state index in [4.69, 9.17) is 5.10 Å². The molecule has 0 radical (unpaired) electrons. The lowest BCUT2D eigenvalue weighted by Crippen LogP contribution is -2.19. The van der Waals surface area contributed by atoms with Crippen molar-refractivity contribution in [2.24, 2.45) is 0 Å². The quantitative estimate of drug-likeness (QED) is 0.796. The van der Waals surface area contributed by atoms with E-state index in [0.29, 0.717) is 6.04 Å². The summed E-state index contributed by atoms with van der Waals surface area (Å²) in [4.78, 5) is 0. The molecule has 1 aromatic heterocycles. The first-order valence-corrected chi connectivity index (χ1v) is 8.12. The van der Waals surface area contributed by atoms with Crippen molar-refractivity contribution in [2.75, 3.05) is 6.54 Å². The predicted octanol–water partition coefficient (Wildman–Crippen LogP) is 3.82. The highest BCUT2D eigenvalue weighted by molar-refractivity contribution is 14.1. The molecule has 0 aliphatic heterocycles. The van der Waals surface area contributed by atoms with Crippen molar-refractivity contribution in [3.05, 3.63) is 50.4 Å². The van der Waals surface area contributed by atoms with Crippen molar-refractivity contribution in [1.82, 2.24) is 15.1 Å². The zero-order valence-electron chi connectivity index (χ0n) is 12.6. The van der Waals surface area contributed by atoms with Crippen molar-refractivity contribution in [3.63, 3.8) is 0 Å². The fourth-order valence-corrected chi connectivity index (χ4v) is 3.02. The summed E-state index contributed by atoms with van der Waals surface area (Å²) in [6.07, 6.45) is 0. The Morgan fingerprint density at radius 2 is 1.90 bits per heavy atom. The largest absolute Gasteiger partial charge is 0.310 e. The van der Waals surface area contributed by atoms with Crippen molar-refractivity contribution in [2.45, 2.75) is 40.3 Å². The van der Waals surface area contributed by atoms with Crippen LogP contribution < -0.4 is 5.32 Å². The van der Waals surface area contributed by atoms with Crippen molar-refractivity contribution < 1.29 is 0 Å². The van der Waals surface area contributed by atoms with Crippen LogP contribution in [0.1, 0.15) is 42.4 Å². The molecule has 1 N–H and O–H groups in total. The average molecular weight is 383 g/mol. The van der Waals surface area contributed by atoms with E-state index >= 15 is 0 Å². The van der Waals surface area contributed by atoms with Gasteiger partial charge in [0.05, 0.1) is 12.2 Å². The zero-order chi connectivity index (χ0) is 14.7. The fourth-order valence-electron chi connectivity index (χ4n) is 2.66. The molecule has 108 valence electrons. The minimum absolute atomic E-state index is 0.352. The summed E-state index contributed by atoms with van der Waals surface area (Å²) in [5, 5.41) is 8.18. The lowest BCUT2D eigenvalue weighted by Gasteiger charge is -2.13. The van der Waals surface area contributed by atoms with Gasteiger partial charge in [0.1, 0.15) is 0 Å². The predicted molar refractivity (Wildman–Crippen MR) is 92.1 cm³/mol. The monoisotopic (exact) mass is 383 g/mol. The van der Waals surface area contributed by atoms with Gasteiger partial charge in [-0.2, -0.15) is 5.10 Å². The third-order valence-electron chi connectivity index (χ3n) is 3.63. The summed E-state index contributed by atoms with van der Waals surface area (Å²) in [6.45, 7) is 10.4. The maximum absolute atomic E-state index is 4.71. The van der Waals surface area contributed by atoms with Crippen molar-refractivity contribution in [1.29, 1.82) is 0 Å². The van der Waals surface area contributed by atoms with Crippen molar-refractivity contribution in [3.8, 4) is 0 Å². The summed E-state index contributed by atoms with van der Waals surface area (Å²) >= 11 is 2.33. The Hall–Kier alpha value is -0.880. The average Bonchev–Trinajstić information content (AvgIpc) is 2.67. The smallest absolute Gasteiger partial charge is 0.0662 e. The zero-order valence-corrected chi connectivity index (χ0v) is 14.7. The number of rotatable bonds is 5. The first-order chi connectivity index (χ1) is 9.52. The molecule has 0 aliphatic rings. The maximum atomic E-state index is 4.71. The lowest BCUT2D eigenvalue weighted by atomic mass is 10.1. The van der Waals surface area contributed by atoms with E-state index in [9.17, 15) is 0 Å². The molecule has 0 saturated carbocycles. The van der Waals surface area contributed by atoms with Crippen LogP contribution in [0, 0.1) is 17.4 Å². The molecule has 0 saturated heterocycles. The molecule has 0 fully saturated rings. The number of nitrogens with one attached hydrogen (secondary N) is 1. The highest BCUT2D eigenvalue weighted by atomic mass is 127. The van der Waals surface area contributed by atoms with Gasteiger partial charge >= 0.3 is 0 Å². The van der Waals surface area contributed by atoms with Gasteiger partial charge in [-0.3, -0.25) is 4.68 Å². The van der Waals surface area contributed by atoms with E-state index in [2.05, 4.69) is 84.5 Å². The minimum atomic E-state index is 0.352. The highest BCUT2D eigenvalue weighted by Crippen LogP contribution is 2.22. The van der Waals surface area contributed by atoms with Crippen LogP contribution in [0.4, 0.5) is 0 Å². The van der Waals surface area contributed by atoms with Crippen LogP contribution in [0.5, 0.6) is 0 Å². The standard InChI is InChI=1S/C16H22IN3/c1-5-18-11(2)16-12(3)19-20(13(16)4)10-14-6-8-15(17)9-7-14/h6-9,11,18H,5,10H2,1-4H3. The Morgan fingerprint density at radius 1 is 1.25 bits per heavy atom. The summed E-state index contributed by atoms with van der Waals surface area (Å²) in [5.74, 6) is 0. The summed E-state index contributed by atoms with van der Waals surface area (Å²) < 4.78 is 3.38. The second-order valence-electron chi connectivity index (χ2n) is 5.15. The van der Waals surface area contributed by atoms with Crippen LogP contribution in [0.25, 0.3) is 0 Å². The number of benzene rings is 1. The number of aryl methyl sites for hydroxylation is 1. The summed E-state index contributed by atoms with van der Waals surface area (Å²) in [7, 11) is 0.